The lowest BCUT2D eigenvalue weighted by molar-refractivity contribution is 0.0922. The number of ether oxygens (including phenoxy) is 1. The SMILES string of the molecule is N#Cc1ccnc(NCCCOCCO)c1N. The van der Waals surface area contributed by atoms with Gasteiger partial charge in [-0.05, 0) is 12.5 Å². The Balaban J connectivity index is 2.35. The fraction of sp³-hybridized carbons (Fsp3) is 0.455. The van der Waals surface area contributed by atoms with Crippen LogP contribution in [0.2, 0.25) is 0 Å². The molecule has 1 rings (SSSR count). The van der Waals surface area contributed by atoms with Crippen LogP contribution in [-0.4, -0.2) is 36.5 Å². The van der Waals surface area contributed by atoms with Crippen LogP contribution in [0.5, 0.6) is 0 Å². The van der Waals surface area contributed by atoms with Crippen LogP contribution in [0.15, 0.2) is 12.3 Å². The number of nitrogens with zero attached hydrogens (tertiary/aromatic N) is 2. The van der Waals surface area contributed by atoms with Crippen molar-refractivity contribution in [1.82, 2.24) is 4.98 Å². The zero-order valence-corrected chi connectivity index (χ0v) is 9.52. The zero-order valence-electron chi connectivity index (χ0n) is 9.52. The van der Waals surface area contributed by atoms with Crippen LogP contribution < -0.4 is 11.1 Å². The number of nitrogens with one attached hydrogen (secondary N) is 1. The number of nitrogens with two attached hydrogens (primary N) is 1. The van der Waals surface area contributed by atoms with Crippen LogP contribution >= 0.6 is 0 Å². The van der Waals surface area contributed by atoms with Gasteiger partial charge in [0.2, 0.25) is 0 Å². The van der Waals surface area contributed by atoms with Crippen molar-refractivity contribution in [2.24, 2.45) is 0 Å². The van der Waals surface area contributed by atoms with Crippen molar-refractivity contribution < 1.29 is 9.84 Å². The largest absolute Gasteiger partial charge is 0.395 e. The Morgan fingerprint density at radius 3 is 3.06 bits per heavy atom. The van der Waals surface area contributed by atoms with Crippen LogP contribution in [0, 0.1) is 11.3 Å². The number of nitriles is 1. The molecule has 1 heterocycles. The van der Waals surface area contributed by atoms with Gasteiger partial charge in [0.15, 0.2) is 5.82 Å². The number of nitrogen functional groups attached to an aromatic ring is 1. The van der Waals surface area contributed by atoms with E-state index in [-0.39, 0.29) is 6.61 Å². The average molecular weight is 236 g/mol. The fourth-order valence-corrected chi connectivity index (χ4v) is 1.26. The molecule has 0 aliphatic heterocycles. The zero-order chi connectivity index (χ0) is 12.5. The van der Waals surface area contributed by atoms with E-state index < -0.39 is 0 Å². The van der Waals surface area contributed by atoms with Gasteiger partial charge in [0.25, 0.3) is 0 Å². The van der Waals surface area contributed by atoms with Crippen molar-refractivity contribution in [2.45, 2.75) is 6.42 Å². The molecule has 1 aromatic rings. The predicted molar refractivity (Wildman–Crippen MR) is 64.4 cm³/mol. The van der Waals surface area contributed by atoms with Crippen molar-refractivity contribution in [3.05, 3.63) is 17.8 Å². The van der Waals surface area contributed by atoms with Gasteiger partial charge in [-0.1, -0.05) is 0 Å². The summed E-state index contributed by atoms with van der Waals surface area (Å²) in [6.07, 6.45) is 2.32. The molecule has 0 fully saturated rings. The van der Waals surface area contributed by atoms with E-state index >= 15 is 0 Å². The molecule has 0 atom stereocenters. The lowest BCUT2D eigenvalue weighted by Gasteiger charge is -2.08. The van der Waals surface area contributed by atoms with Crippen molar-refractivity contribution in [1.29, 1.82) is 5.26 Å². The summed E-state index contributed by atoms with van der Waals surface area (Å²) in [6.45, 7) is 1.60. The Kier molecular flexibility index (Phi) is 5.79. The van der Waals surface area contributed by atoms with Gasteiger partial charge in [-0.3, -0.25) is 0 Å². The molecule has 6 nitrogen and oxygen atoms in total. The Bertz CT molecular complexity index is 390. The first kappa shape index (κ1) is 13.2. The summed E-state index contributed by atoms with van der Waals surface area (Å²) < 4.78 is 5.10. The second-order valence-electron chi connectivity index (χ2n) is 3.35. The van der Waals surface area contributed by atoms with E-state index in [9.17, 15) is 0 Å². The van der Waals surface area contributed by atoms with Gasteiger partial charge in [0.05, 0.1) is 24.5 Å². The molecule has 0 bridgehead atoms. The quantitative estimate of drug-likeness (QED) is 0.590. The minimum Gasteiger partial charge on any atom is -0.395 e. The van der Waals surface area contributed by atoms with E-state index in [2.05, 4.69) is 10.3 Å². The molecular weight excluding hydrogens is 220 g/mol. The summed E-state index contributed by atoms with van der Waals surface area (Å²) in [7, 11) is 0. The highest BCUT2D eigenvalue weighted by atomic mass is 16.5. The average Bonchev–Trinajstić information content (AvgIpc) is 2.35. The molecule has 0 aliphatic carbocycles. The molecule has 0 radical (unpaired) electrons. The van der Waals surface area contributed by atoms with E-state index in [1.54, 1.807) is 12.3 Å². The number of aromatic nitrogens is 1. The second-order valence-corrected chi connectivity index (χ2v) is 3.35. The normalized spacial score (nSPS) is 9.88. The standard InChI is InChI=1S/C11H16N4O2/c12-8-9-2-4-15-11(10(9)13)14-3-1-6-17-7-5-16/h2,4,16H,1,3,5-7,13H2,(H,14,15). The van der Waals surface area contributed by atoms with E-state index in [0.717, 1.165) is 6.42 Å². The second kappa shape index (κ2) is 7.44. The first-order valence-corrected chi connectivity index (χ1v) is 5.36. The van der Waals surface area contributed by atoms with Crippen molar-refractivity contribution in [3.8, 4) is 6.07 Å². The van der Waals surface area contributed by atoms with Crippen LogP contribution in [0.4, 0.5) is 11.5 Å². The summed E-state index contributed by atoms with van der Waals surface area (Å²) in [5.74, 6) is 0.520. The molecule has 92 valence electrons. The molecule has 1 aromatic heterocycles. The van der Waals surface area contributed by atoms with Gasteiger partial charge in [-0.2, -0.15) is 5.26 Å². The van der Waals surface area contributed by atoms with Crippen LogP contribution in [-0.2, 0) is 4.74 Å². The highest BCUT2D eigenvalue weighted by Crippen LogP contribution is 2.18. The summed E-state index contributed by atoms with van der Waals surface area (Å²) >= 11 is 0. The maximum atomic E-state index is 8.78. The van der Waals surface area contributed by atoms with E-state index in [1.165, 1.54) is 0 Å². The highest BCUT2D eigenvalue weighted by molar-refractivity contribution is 5.68. The third-order valence-electron chi connectivity index (χ3n) is 2.10. The lowest BCUT2D eigenvalue weighted by atomic mass is 10.2. The summed E-state index contributed by atoms with van der Waals surface area (Å²) in [5.41, 5.74) is 6.53. The van der Waals surface area contributed by atoms with Gasteiger partial charge in [-0.15, -0.1) is 0 Å². The van der Waals surface area contributed by atoms with Gasteiger partial charge in [-0.25, -0.2) is 4.98 Å². The lowest BCUT2D eigenvalue weighted by Crippen LogP contribution is -2.10. The number of pyridine rings is 1. The number of aliphatic hydroxyl groups excluding tert-OH is 1. The molecule has 0 saturated carbocycles. The number of hydrogen-bond acceptors (Lipinski definition) is 6. The Morgan fingerprint density at radius 1 is 1.53 bits per heavy atom. The van der Waals surface area contributed by atoms with Crippen molar-refractivity contribution in [3.63, 3.8) is 0 Å². The topological polar surface area (TPSA) is 104 Å². The maximum absolute atomic E-state index is 8.78. The third-order valence-corrected chi connectivity index (χ3v) is 2.10. The van der Waals surface area contributed by atoms with E-state index in [0.29, 0.717) is 36.8 Å². The van der Waals surface area contributed by atoms with Gasteiger partial charge in [0, 0.05) is 19.3 Å². The molecule has 0 spiro atoms. The maximum Gasteiger partial charge on any atom is 0.150 e. The smallest absolute Gasteiger partial charge is 0.150 e. The Hall–Kier alpha value is -1.84. The predicted octanol–water partition coefficient (Wildman–Crippen LogP) is 0.346. The first-order chi connectivity index (χ1) is 8.29. The number of anilines is 2. The summed E-state index contributed by atoms with van der Waals surface area (Å²) in [5, 5.41) is 20.3. The molecule has 4 N–H and O–H groups in total. The van der Waals surface area contributed by atoms with Crippen molar-refractivity contribution in [2.75, 3.05) is 37.4 Å². The van der Waals surface area contributed by atoms with E-state index in [1.807, 2.05) is 6.07 Å². The monoisotopic (exact) mass is 236 g/mol. The minimum atomic E-state index is 0.0339. The Morgan fingerprint density at radius 2 is 2.35 bits per heavy atom. The summed E-state index contributed by atoms with van der Waals surface area (Å²) in [4.78, 5) is 4.05. The highest BCUT2D eigenvalue weighted by Gasteiger charge is 2.04. The third kappa shape index (κ3) is 4.26. The molecule has 0 amide bonds. The number of hydrogen-bond donors (Lipinski definition) is 3. The molecule has 0 saturated heterocycles. The van der Waals surface area contributed by atoms with Crippen LogP contribution in [0.1, 0.15) is 12.0 Å². The van der Waals surface area contributed by atoms with Crippen LogP contribution in [0.3, 0.4) is 0 Å². The molecule has 6 heteroatoms. The van der Waals surface area contributed by atoms with Gasteiger partial charge < -0.3 is 20.9 Å². The number of aliphatic hydroxyl groups is 1. The molecular formula is C11H16N4O2. The minimum absolute atomic E-state index is 0.0339. The molecule has 0 unspecified atom stereocenters. The molecule has 0 aromatic carbocycles. The van der Waals surface area contributed by atoms with Gasteiger partial charge >= 0.3 is 0 Å². The first-order valence-electron chi connectivity index (χ1n) is 5.36. The molecule has 17 heavy (non-hydrogen) atoms. The van der Waals surface area contributed by atoms with Crippen LogP contribution in [0.25, 0.3) is 0 Å². The fourth-order valence-electron chi connectivity index (χ4n) is 1.26. The van der Waals surface area contributed by atoms with Gasteiger partial charge in [0.1, 0.15) is 6.07 Å². The number of rotatable bonds is 7. The Labute approximate surface area is 100 Å². The van der Waals surface area contributed by atoms with E-state index in [4.69, 9.17) is 20.8 Å². The van der Waals surface area contributed by atoms with Crippen molar-refractivity contribution >= 4 is 11.5 Å². The summed E-state index contributed by atoms with van der Waals surface area (Å²) in [6, 6.07) is 3.57. The molecule has 0 aliphatic rings.